The number of carbonyl (C=O) groups excluding carboxylic acids is 1. The highest BCUT2D eigenvalue weighted by molar-refractivity contribution is 5.78. The molecule has 0 saturated heterocycles. The molecule has 0 radical (unpaired) electrons. The number of nitrogens with two attached hydrogens (primary N) is 2. The fraction of sp³-hybridized carbons (Fsp3) is 0.933. The molecule has 18 heavy (non-hydrogen) atoms. The maximum Gasteiger partial charge on any atom is 0.132 e. The van der Waals surface area contributed by atoms with Crippen molar-refractivity contribution in [3.05, 3.63) is 0 Å². The van der Waals surface area contributed by atoms with Crippen molar-refractivity contribution in [2.24, 2.45) is 11.5 Å². The summed E-state index contributed by atoms with van der Waals surface area (Å²) in [4.78, 5) is 11.6. The van der Waals surface area contributed by atoms with Crippen LogP contribution < -0.4 is 11.5 Å². The SMILES string of the molecule is NCCCCCCCC(=O)CCCCCCCN. The van der Waals surface area contributed by atoms with Crippen LogP contribution in [0.3, 0.4) is 0 Å². The standard InChI is InChI=1S/C15H32N2O/c16-13-9-5-1-3-7-11-15(18)12-8-4-2-6-10-14-17/h1-14,16-17H2. The molecule has 0 aromatic carbocycles. The molecule has 0 amide bonds. The summed E-state index contributed by atoms with van der Waals surface area (Å²) in [7, 11) is 0. The van der Waals surface area contributed by atoms with Crippen LogP contribution in [0.4, 0.5) is 0 Å². The maximum absolute atomic E-state index is 11.6. The third-order valence-electron chi connectivity index (χ3n) is 3.32. The number of hydrogen-bond donors (Lipinski definition) is 2. The van der Waals surface area contributed by atoms with Crippen molar-refractivity contribution in [3.63, 3.8) is 0 Å². The van der Waals surface area contributed by atoms with E-state index in [0.29, 0.717) is 5.78 Å². The van der Waals surface area contributed by atoms with E-state index in [1.165, 1.54) is 38.5 Å². The molecule has 0 aliphatic heterocycles. The Kier molecular flexibility index (Phi) is 14.3. The minimum atomic E-state index is 0.452. The van der Waals surface area contributed by atoms with Gasteiger partial charge < -0.3 is 11.5 Å². The minimum Gasteiger partial charge on any atom is -0.330 e. The summed E-state index contributed by atoms with van der Waals surface area (Å²) in [6.45, 7) is 1.59. The Morgan fingerprint density at radius 3 is 1.28 bits per heavy atom. The Morgan fingerprint density at radius 2 is 0.889 bits per heavy atom. The van der Waals surface area contributed by atoms with Crippen molar-refractivity contribution in [1.82, 2.24) is 0 Å². The number of unbranched alkanes of at least 4 members (excludes halogenated alkanes) is 8. The first-order chi connectivity index (χ1) is 8.81. The lowest BCUT2D eigenvalue weighted by Crippen LogP contribution is -2.00. The average Bonchev–Trinajstić information content (AvgIpc) is 2.38. The van der Waals surface area contributed by atoms with Crippen LogP contribution in [0, 0.1) is 0 Å². The van der Waals surface area contributed by atoms with E-state index in [1.807, 2.05) is 0 Å². The van der Waals surface area contributed by atoms with Crippen LogP contribution in [-0.4, -0.2) is 18.9 Å². The van der Waals surface area contributed by atoms with E-state index in [2.05, 4.69) is 0 Å². The molecule has 4 N–H and O–H groups in total. The van der Waals surface area contributed by atoms with Gasteiger partial charge in [0.2, 0.25) is 0 Å². The summed E-state index contributed by atoms with van der Waals surface area (Å²) >= 11 is 0. The lowest BCUT2D eigenvalue weighted by atomic mass is 10.0. The van der Waals surface area contributed by atoms with E-state index in [9.17, 15) is 4.79 Å². The molecular weight excluding hydrogens is 224 g/mol. The lowest BCUT2D eigenvalue weighted by Gasteiger charge is -2.02. The smallest absolute Gasteiger partial charge is 0.132 e. The van der Waals surface area contributed by atoms with Gasteiger partial charge in [0.05, 0.1) is 0 Å². The number of hydrogen-bond acceptors (Lipinski definition) is 3. The molecule has 0 bridgehead atoms. The van der Waals surface area contributed by atoms with Gasteiger partial charge >= 0.3 is 0 Å². The predicted octanol–water partition coefficient (Wildman–Crippen LogP) is 3.15. The first kappa shape index (κ1) is 17.6. The van der Waals surface area contributed by atoms with Crippen molar-refractivity contribution >= 4 is 5.78 Å². The van der Waals surface area contributed by atoms with E-state index >= 15 is 0 Å². The topological polar surface area (TPSA) is 69.1 Å². The van der Waals surface area contributed by atoms with E-state index in [-0.39, 0.29) is 0 Å². The predicted molar refractivity (Wildman–Crippen MR) is 78.5 cm³/mol. The van der Waals surface area contributed by atoms with Crippen molar-refractivity contribution in [1.29, 1.82) is 0 Å². The summed E-state index contributed by atoms with van der Waals surface area (Å²) in [6, 6.07) is 0. The summed E-state index contributed by atoms with van der Waals surface area (Å²) in [6.07, 6.45) is 13.2. The van der Waals surface area contributed by atoms with Crippen LogP contribution in [0.1, 0.15) is 77.0 Å². The second-order valence-electron chi connectivity index (χ2n) is 5.15. The Hall–Kier alpha value is -0.410. The number of ketones is 1. The summed E-state index contributed by atoms with van der Waals surface area (Å²) in [5, 5.41) is 0. The maximum atomic E-state index is 11.6. The molecule has 0 aliphatic rings. The molecule has 108 valence electrons. The molecule has 3 heteroatoms. The van der Waals surface area contributed by atoms with Gasteiger partial charge in [0, 0.05) is 12.8 Å². The van der Waals surface area contributed by atoms with Gasteiger partial charge in [0.1, 0.15) is 5.78 Å². The van der Waals surface area contributed by atoms with Gasteiger partial charge in [-0.15, -0.1) is 0 Å². The lowest BCUT2D eigenvalue weighted by molar-refractivity contribution is -0.119. The van der Waals surface area contributed by atoms with Crippen molar-refractivity contribution in [2.45, 2.75) is 77.0 Å². The van der Waals surface area contributed by atoms with Crippen molar-refractivity contribution in [2.75, 3.05) is 13.1 Å². The zero-order valence-electron chi connectivity index (χ0n) is 12.0. The first-order valence-electron chi connectivity index (χ1n) is 7.73. The zero-order valence-corrected chi connectivity index (χ0v) is 12.0. The second kappa shape index (κ2) is 14.7. The summed E-state index contributed by atoms with van der Waals surface area (Å²) in [5.74, 6) is 0.452. The number of Topliss-reactive ketones (excluding diaryl/α,β-unsaturated/α-hetero) is 1. The second-order valence-corrected chi connectivity index (χ2v) is 5.15. The molecule has 0 rings (SSSR count). The molecule has 0 heterocycles. The van der Waals surface area contributed by atoms with E-state index < -0.39 is 0 Å². The van der Waals surface area contributed by atoms with Gasteiger partial charge in [-0.1, -0.05) is 38.5 Å². The van der Waals surface area contributed by atoms with Crippen LogP contribution in [-0.2, 0) is 4.79 Å². The van der Waals surface area contributed by atoms with Crippen LogP contribution in [0.15, 0.2) is 0 Å². The normalized spacial score (nSPS) is 10.8. The largest absolute Gasteiger partial charge is 0.330 e. The fourth-order valence-corrected chi connectivity index (χ4v) is 2.12. The molecule has 0 aromatic heterocycles. The van der Waals surface area contributed by atoms with Gasteiger partial charge in [-0.05, 0) is 38.8 Å². The molecular formula is C15H32N2O. The third-order valence-corrected chi connectivity index (χ3v) is 3.32. The molecule has 0 spiro atoms. The third kappa shape index (κ3) is 13.7. The van der Waals surface area contributed by atoms with E-state index in [4.69, 9.17) is 11.5 Å². The highest BCUT2D eigenvalue weighted by Gasteiger charge is 2.01. The van der Waals surface area contributed by atoms with Gasteiger partial charge in [-0.2, -0.15) is 0 Å². The molecule has 0 unspecified atom stereocenters. The number of rotatable bonds is 14. The molecule has 0 saturated carbocycles. The summed E-state index contributed by atoms with van der Waals surface area (Å²) < 4.78 is 0. The Balaban J connectivity index is 3.12. The highest BCUT2D eigenvalue weighted by atomic mass is 16.1. The van der Waals surface area contributed by atoms with Crippen LogP contribution in [0.2, 0.25) is 0 Å². The summed E-state index contributed by atoms with van der Waals surface area (Å²) in [5.41, 5.74) is 10.9. The van der Waals surface area contributed by atoms with Crippen LogP contribution in [0.25, 0.3) is 0 Å². The van der Waals surface area contributed by atoms with Gasteiger partial charge in [0.15, 0.2) is 0 Å². The monoisotopic (exact) mass is 256 g/mol. The first-order valence-corrected chi connectivity index (χ1v) is 7.73. The van der Waals surface area contributed by atoms with E-state index in [0.717, 1.165) is 51.6 Å². The van der Waals surface area contributed by atoms with Crippen molar-refractivity contribution < 1.29 is 4.79 Å². The van der Waals surface area contributed by atoms with Gasteiger partial charge in [-0.3, -0.25) is 4.79 Å². The zero-order chi connectivity index (χ0) is 13.5. The fourth-order valence-electron chi connectivity index (χ4n) is 2.12. The minimum absolute atomic E-state index is 0.452. The Morgan fingerprint density at radius 1 is 0.556 bits per heavy atom. The highest BCUT2D eigenvalue weighted by Crippen LogP contribution is 2.10. The average molecular weight is 256 g/mol. The van der Waals surface area contributed by atoms with Gasteiger partial charge in [-0.25, -0.2) is 0 Å². The Labute approximate surface area is 113 Å². The molecule has 0 fully saturated rings. The Bertz CT molecular complexity index is 165. The van der Waals surface area contributed by atoms with E-state index in [1.54, 1.807) is 0 Å². The van der Waals surface area contributed by atoms with Gasteiger partial charge in [0.25, 0.3) is 0 Å². The van der Waals surface area contributed by atoms with Crippen LogP contribution in [0.5, 0.6) is 0 Å². The quantitative estimate of drug-likeness (QED) is 0.469. The van der Waals surface area contributed by atoms with Crippen LogP contribution >= 0.6 is 0 Å². The van der Waals surface area contributed by atoms with Crippen molar-refractivity contribution in [3.8, 4) is 0 Å². The molecule has 0 aliphatic carbocycles. The molecule has 0 atom stereocenters. The molecule has 3 nitrogen and oxygen atoms in total. The number of carbonyl (C=O) groups is 1. The molecule has 0 aromatic rings.